The fraction of sp³-hybridized carbons (Fsp3) is 0.579. The van der Waals surface area contributed by atoms with E-state index in [1.165, 1.54) is 5.06 Å². The molecule has 2 amide bonds. The molecule has 0 spiro atoms. The molecule has 0 saturated carbocycles. The number of hydroxylamine groups is 2. The highest BCUT2D eigenvalue weighted by atomic mass is 16.7. The van der Waals surface area contributed by atoms with Crippen molar-refractivity contribution in [2.75, 3.05) is 6.67 Å². The first kappa shape index (κ1) is 21.1. The van der Waals surface area contributed by atoms with Crippen molar-refractivity contribution < 1.29 is 14.4 Å². The summed E-state index contributed by atoms with van der Waals surface area (Å²) in [5, 5.41) is 3.97. The lowest BCUT2D eigenvalue weighted by atomic mass is 9.90. The maximum absolute atomic E-state index is 12.4. The Balaban J connectivity index is 2.80. The summed E-state index contributed by atoms with van der Waals surface area (Å²) in [7, 11) is 0. The highest BCUT2D eigenvalue weighted by Crippen LogP contribution is 2.22. The van der Waals surface area contributed by atoms with Crippen LogP contribution in [0.3, 0.4) is 0 Å². The van der Waals surface area contributed by atoms with Crippen LogP contribution in [0.15, 0.2) is 30.3 Å². The maximum Gasteiger partial charge on any atom is 0.233 e. The Hall–Kier alpha value is -1.92. The van der Waals surface area contributed by atoms with E-state index in [9.17, 15) is 9.59 Å². The van der Waals surface area contributed by atoms with Crippen molar-refractivity contribution in [1.29, 1.82) is 0 Å². The Kier molecular flexibility index (Phi) is 10.5. The number of amides is 2. The summed E-state index contributed by atoms with van der Waals surface area (Å²) in [6, 6.07) is 9.32. The normalized spacial score (nSPS) is 13.1. The van der Waals surface area contributed by atoms with E-state index in [1.54, 1.807) is 0 Å². The van der Waals surface area contributed by atoms with Crippen LogP contribution in [0.4, 0.5) is 0 Å². The summed E-state index contributed by atoms with van der Waals surface area (Å²) in [6.45, 7) is 4.45. The van der Waals surface area contributed by atoms with Gasteiger partial charge in [-0.05, 0) is 18.4 Å². The number of nitrogens with one attached hydrogen (secondary N) is 1. The molecule has 0 radical (unpaired) electrons. The molecule has 1 rings (SSSR count). The van der Waals surface area contributed by atoms with E-state index in [2.05, 4.69) is 12.2 Å². The first-order valence-corrected chi connectivity index (χ1v) is 9.06. The number of hydrogen-bond donors (Lipinski definition) is 2. The SMILES string of the molecule is CCCCCC(C(=O)NCN)[C@@H](CC)N(C=O)OCc1ccccc1. The van der Waals surface area contributed by atoms with E-state index < -0.39 is 0 Å². The summed E-state index contributed by atoms with van der Waals surface area (Å²) < 4.78 is 0. The van der Waals surface area contributed by atoms with Crippen LogP contribution in [0, 0.1) is 5.92 Å². The zero-order valence-corrected chi connectivity index (χ0v) is 15.3. The molecule has 0 saturated heterocycles. The molecule has 0 aromatic heterocycles. The van der Waals surface area contributed by atoms with Crippen molar-refractivity contribution in [3.8, 4) is 0 Å². The van der Waals surface area contributed by atoms with Gasteiger partial charge in [0.25, 0.3) is 0 Å². The zero-order chi connectivity index (χ0) is 18.5. The predicted molar refractivity (Wildman–Crippen MR) is 98.0 cm³/mol. The van der Waals surface area contributed by atoms with E-state index in [1.807, 2.05) is 37.3 Å². The van der Waals surface area contributed by atoms with Crippen molar-refractivity contribution in [2.45, 2.75) is 58.6 Å². The fourth-order valence-corrected chi connectivity index (χ4v) is 2.91. The van der Waals surface area contributed by atoms with Gasteiger partial charge in [-0.15, -0.1) is 0 Å². The molecule has 140 valence electrons. The van der Waals surface area contributed by atoms with E-state index in [0.29, 0.717) is 19.3 Å². The minimum absolute atomic E-state index is 0.0888. The molecule has 0 aliphatic carbocycles. The molecule has 25 heavy (non-hydrogen) atoms. The third-order valence-electron chi connectivity index (χ3n) is 4.27. The zero-order valence-electron chi connectivity index (χ0n) is 15.3. The lowest BCUT2D eigenvalue weighted by Crippen LogP contribution is -2.47. The van der Waals surface area contributed by atoms with Crippen LogP contribution in [0.1, 0.15) is 51.5 Å². The number of hydrogen-bond acceptors (Lipinski definition) is 4. The molecule has 0 aliphatic rings. The molecule has 6 nitrogen and oxygen atoms in total. The fourth-order valence-electron chi connectivity index (χ4n) is 2.91. The van der Waals surface area contributed by atoms with Gasteiger partial charge in [0.05, 0.1) is 18.6 Å². The van der Waals surface area contributed by atoms with Gasteiger partial charge in [-0.2, -0.15) is 0 Å². The number of carbonyl (C=O) groups excluding carboxylic acids is 2. The van der Waals surface area contributed by atoms with Crippen LogP contribution in [-0.4, -0.2) is 30.1 Å². The summed E-state index contributed by atoms with van der Waals surface area (Å²) >= 11 is 0. The number of nitrogens with two attached hydrogens (primary N) is 1. The van der Waals surface area contributed by atoms with Crippen molar-refractivity contribution in [3.63, 3.8) is 0 Å². The Morgan fingerprint density at radius 1 is 1.28 bits per heavy atom. The van der Waals surface area contributed by atoms with E-state index in [-0.39, 0.29) is 31.1 Å². The first-order chi connectivity index (χ1) is 12.2. The molecule has 0 aliphatic heterocycles. The van der Waals surface area contributed by atoms with Gasteiger partial charge in [-0.3, -0.25) is 14.4 Å². The molecule has 0 bridgehead atoms. The Labute approximate surface area is 150 Å². The maximum atomic E-state index is 12.4. The molecular weight excluding hydrogens is 318 g/mol. The summed E-state index contributed by atoms with van der Waals surface area (Å²) in [5.41, 5.74) is 6.43. The number of benzene rings is 1. The summed E-state index contributed by atoms with van der Waals surface area (Å²) in [6.07, 6.45) is 5.05. The van der Waals surface area contributed by atoms with Gasteiger partial charge in [0, 0.05) is 0 Å². The average molecular weight is 349 g/mol. The van der Waals surface area contributed by atoms with Crippen molar-refractivity contribution in [1.82, 2.24) is 10.4 Å². The molecule has 2 atom stereocenters. The second-order valence-electron chi connectivity index (χ2n) is 6.05. The van der Waals surface area contributed by atoms with Crippen molar-refractivity contribution in [3.05, 3.63) is 35.9 Å². The van der Waals surface area contributed by atoms with Crippen LogP contribution in [0.2, 0.25) is 0 Å². The van der Waals surface area contributed by atoms with Gasteiger partial charge in [0.2, 0.25) is 12.3 Å². The molecule has 0 heterocycles. The minimum Gasteiger partial charge on any atom is -0.343 e. The van der Waals surface area contributed by atoms with Crippen LogP contribution in [0.25, 0.3) is 0 Å². The lowest BCUT2D eigenvalue weighted by molar-refractivity contribution is -0.200. The minimum atomic E-state index is -0.332. The number of rotatable bonds is 13. The van der Waals surface area contributed by atoms with Crippen LogP contribution in [0.5, 0.6) is 0 Å². The number of nitrogens with zero attached hydrogens (tertiary/aromatic N) is 1. The monoisotopic (exact) mass is 349 g/mol. The molecule has 1 unspecified atom stereocenters. The van der Waals surface area contributed by atoms with Gasteiger partial charge < -0.3 is 11.1 Å². The Morgan fingerprint density at radius 3 is 2.56 bits per heavy atom. The second kappa shape index (κ2) is 12.4. The number of unbranched alkanes of at least 4 members (excludes halogenated alkanes) is 2. The third kappa shape index (κ3) is 7.23. The molecular formula is C19H31N3O3. The predicted octanol–water partition coefficient (Wildman–Crippen LogP) is 2.58. The van der Waals surface area contributed by atoms with Crippen molar-refractivity contribution in [2.24, 2.45) is 11.7 Å². The molecule has 3 N–H and O–H groups in total. The average Bonchev–Trinajstić information content (AvgIpc) is 2.64. The van der Waals surface area contributed by atoms with E-state index in [0.717, 1.165) is 24.8 Å². The standard InChI is InChI=1S/C19H31N3O3/c1-3-5-7-12-17(19(24)21-14-20)18(4-2)22(15-23)25-13-16-10-8-6-9-11-16/h6,8-11,15,17-18H,3-5,7,12-14,20H2,1-2H3,(H,21,24)/t17?,18-/m1/s1. The lowest BCUT2D eigenvalue weighted by Gasteiger charge is -2.32. The van der Waals surface area contributed by atoms with Crippen LogP contribution < -0.4 is 11.1 Å². The highest BCUT2D eigenvalue weighted by Gasteiger charge is 2.31. The van der Waals surface area contributed by atoms with Crippen LogP contribution >= 0.6 is 0 Å². The van der Waals surface area contributed by atoms with Gasteiger partial charge in [0.1, 0.15) is 6.61 Å². The highest BCUT2D eigenvalue weighted by molar-refractivity contribution is 5.79. The molecule has 6 heteroatoms. The molecule has 1 aromatic rings. The van der Waals surface area contributed by atoms with Gasteiger partial charge in [-0.1, -0.05) is 63.4 Å². The van der Waals surface area contributed by atoms with Gasteiger partial charge in [-0.25, -0.2) is 5.06 Å². The smallest absolute Gasteiger partial charge is 0.233 e. The molecule has 1 aromatic carbocycles. The Bertz CT molecular complexity index is 496. The topological polar surface area (TPSA) is 84.7 Å². The quantitative estimate of drug-likeness (QED) is 0.248. The largest absolute Gasteiger partial charge is 0.343 e. The number of carbonyl (C=O) groups is 2. The second-order valence-corrected chi connectivity index (χ2v) is 6.05. The van der Waals surface area contributed by atoms with Gasteiger partial charge >= 0.3 is 0 Å². The van der Waals surface area contributed by atoms with Gasteiger partial charge in [0.15, 0.2) is 0 Å². The first-order valence-electron chi connectivity index (χ1n) is 9.06. The van der Waals surface area contributed by atoms with Crippen LogP contribution in [-0.2, 0) is 21.0 Å². The van der Waals surface area contributed by atoms with E-state index >= 15 is 0 Å². The summed E-state index contributed by atoms with van der Waals surface area (Å²) in [5.74, 6) is -0.457. The summed E-state index contributed by atoms with van der Waals surface area (Å²) in [4.78, 5) is 29.7. The third-order valence-corrected chi connectivity index (χ3v) is 4.27. The molecule has 0 fully saturated rings. The Morgan fingerprint density at radius 2 is 2.00 bits per heavy atom. The van der Waals surface area contributed by atoms with Crippen molar-refractivity contribution >= 4 is 12.3 Å². The van der Waals surface area contributed by atoms with E-state index in [4.69, 9.17) is 10.6 Å².